The first-order valence-electron chi connectivity index (χ1n) is 8.15. The van der Waals surface area contributed by atoms with Crippen molar-refractivity contribution < 1.29 is 9.53 Å². The summed E-state index contributed by atoms with van der Waals surface area (Å²) in [5.41, 5.74) is 6.70. The van der Waals surface area contributed by atoms with Gasteiger partial charge in [0.15, 0.2) is 0 Å². The second-order valence-corrected chi connectivity index (χ2v) is 6.80. The molecule has 1 aromatic heterocycles. The molecule has 2 heterocycles. The van der Waals surface area contributed by atoms with E-state index in [1.54, 1.807) is 0 Å². The fourth-order valence-corrected chi connectivity index (χ4v) is 4.30. The Kier molecular flexibility index (Phi) is 3.25. The van der Waals surface area contributed by atoms with E-state index in [9.17, 15) is 4.79 Å². The molecule has 2 bridgehead atoms. The molecular weight excluding hydrogens is 282 g/mol. The Hall–Kier alpha value is -1.76. The SMILES string of the molecule is CN1C2CCC(C2)N1C(=O)O[C@@H]1CC[C@H](c2cc(N)n[nH]2)C1. The molecule has 2 saturated carbocycles. The lowest BCUT2D eigenvalue weighted by atomic mass is 10.0. The van der Waals surface area contributed by atoms with Gasteiger partial charge < -0.3 is 10.5 Å². The average molecular weight is 305 g/mol. The maximum atomic E-state index is 12.5. The Balaban J connectivity index is 1.35. The third-order valence-electron chi connectivity index (χ3n) is 5.49. The highest BCUT2D eigenvalue weighted by atomic mass is 16.6. The number of hydrogen-bond acceptors (Lipinski definition) is 5. The summed E-state index contributed by atoms with van der Waals surface area (Å²) in [4.78, 5) is 12.5. The molecule has 0 radical (unpaired) electrons. The molecule has 2 unspecified atom stereocenters. The third kappa shape index (κ3) is 2.24. The van der Waals surface area contributed by atoms with Gasteiger partial charge in [0, 0.05) is 30.8 Å². The third-order valence-corrected chi connectivity index (χ3v) is 5.49. The maximum Gasteiger partial charge on any atom is 0.424 e. The number of nitrogens with zero attached hydrogens (tertiary/aromatic N) is 3. The van der Waals surface area contributed by atoms with Crippen molar-refractivity contribution in [2.24, 2.45) is 0 Å². The first-order chi connectivity index (χ1) is 10.6. The number of rotatable bonds is 2. The highest BCUT2D eigenvalue weighted by Gasteiger charge is 2.46. The molecule has 7 heteroatoms. The average Bonchev–Trinajstić information content (AvgIpc) is 3.21. The molecule has 3 aliphatic rings. The number of hydrazine groups is 1. The molecular formula is C15H23N5O2. The van der Waals surface area contributed by atoms with Crippen LogP contribution in [-0.4, -0.2) is 51.5 Å². The molecule has 3 N–H and O–H groups in total. The van der Waals surface area contributed by atoms with Crippen molar-refractivity contribution in [3.8, 4) is 0 Å². The van der Waals surface area contributed by atoms with E-state index in [4.69, 9.17) is 10.5 Å². The zero-order chi connectivity index (χ0) is 15.3. The van der Waals surface area contributed by atoms with Crippen molar-refractivity contribution >= 4 is 11.9 Å². The Morgan fingerprint density at radius 1 is 1.32 bits per heavy atom. The van der Waals surface area contributed by atoms with Gasteiger partial charge >= 0.3 is 6.09 Å². The van der Waals surface area contributed by atoms with Gasteiger partial charge in [-0.1, -0.05) is 0 Å². The Bertz CT molecular complexity index is 572. The molecule has 2 aliphatic carbocycles. The molecule has 120 valence electrons. The standard InChI is InChI=1S/C15H23N5O2/c1-19-10-3-4-11(7-10)20(19)15(21)22-12-5-2-9(6-12)13-8-14(16)18-17-13/h8-12H,2-7H2,1H3,(H3,16,17,18)/t9-,10?,11?,12+/m0/s1. The minimum absolute atomic E-state index is 0.00505. The van der Waals surface area contributed by atoms with Crippen LogP contribution >= 0.6 is 0 Å². The van der Waals surface area contributed by atoms with Gasteiger partial charge in [-0.15, -0.1) is 0 Å². The van der Waals surface area contributed by atoms with Gasteiger partial charge in [-0.05, 0) is 38.5 Å². The largest absolute Gasteiger partial charge is 0.445 e. The zero-order valence-corrected chi connectivity index (χ0v) is 12.9. The zero-order valence-electron chi connectivity index (χ0n) is 12.9. The van der Waals surface area contributed by atoms with Gasteiger partial charge in [0.1, 0.15) is 11.9 Å². The summed E-state index contributed by atoms with van der Waals surface area (Å²) in [6.45, 7) is 0. The predicted octanol–water partition coefficient (Wildman–Crippen LogP) is 1.85. The first-order valence-corrected chi connectivity index (χ1v) is 8.15. The lowest BCUT2D eigenvalue weighted by Crippen LogP contribution is -2.49. The summed E-state index contributed by atoms with van der Waals surface area (Å²) < 4.78 is 5.76. The second-order valence-electron chi connectivity index (χ2n) is 6.80. The van der Waals surface area contributed by atoms with Gasteiger partial charge in [-0.2, -0.15) is 5.10 Å². The lowest BCUT2D eigenvalue weighted by Gasteiger charge is -2.35. The number of fused-ring (bicyclic) bond motifs is 2. The lowest BCUT2D eigenvalue weighted by molar-refractivity contribution is -0.0386. The number of carbonyl (C=O) groups excluding carboxylic acids is 1. The summed E-state index contributed by atoms with van der Waals surface area (Å²) >= 11 is 0. The highest BCUT2D eigenvalue weighted by molar-refractivity contribution is 5.68. The van der Waals surface area contributed by atoms with Crippen LogP contribution in [0.5, 0.6) is 0 Å². The fraction of sp³-hybridized carbons (Fsp3) is 0.733. The molecule has 1 saturated heterocycles. The van der Waals surface area contributed by atoms with E-state index in [1.165, 1.54) is 6.42 Å². The first kappa shape index (κ1) is 13.9. The van der Waals surface area contributed by atoms with Crippen molar-refractivity contribution in [3.05, 3.63) is 11.8 Å². The molecule has 1 amide bonds. The number of anilines is 1. The van der Waals surface area contributed by atoms with Crippen LogP contribution in [0.4, 0.5) is 10.6 Å². The van der Waals surface area contributed by atoms with Crippen LogP contribution in [0.25, 0.3) is 0 Å². The molecule has 3 fully saturated rings. The molecule has 4 atom stereocenters. The predicted molar refractivity (Wildman–Crippen MR) is 80.9 cm³/mol. The van der Waals surface area contributed by atoms with Crippen LogP contribution < -0.4 is 5.73 Å². The van der Waals surface area contributed by atoms with Crippen LogP contribution in [0.3, 0.4) is 0 Å². The summed E-state index contributed by atoms with van der Waals surface area (Å²) in [6, 6.07) is 2.73. The van der Waals surface area contributed by atoms with Crippen molar-refractivity contribution in [1.29, 1.82) is 0 Å². The van der Waals surface area contributed by atoms with Crippen LogP contribution in [-0.2, 0) is 4.74 Å². The van der Waals surface area contributed by atoms with Crippen molar-refractivity contribution in [3.63, 3.8) is 0 Å². The number of nitrogens with one attached hydrogen (secondary N) is 1. The van der Waals surface area contributed by atoms with Gasteiger partial charge in [0.05, 0.1) is 6.04 Å². The van der Waals surface area contributed by atoms with E-state index in [-0.39, 0.29) is 12.2 Å². The topological polar surface area (TPSA) is 87.5 Å². The molecule has 1 aliphatic heterocycles. The van der Waals surface area contributed by atoms with E-state index in [0.29, 0.717) is 23.8 Å². The summed E-state index contributed by atoms with van der Waals surface area (Å²) in [7, 11) is 2.00. The van der Waals surface area contributed by atoms with Gasteiger partial charge in [0.2, 0.25) is 0 Å². The number of aromatic nitrogens is 2. The smallest absolute Gasteiger partial charge is 0.424 e. The van der Waals surface area contributed by atoms with Crippen molar-refractivity contribution in [2.45, 2.75) is 62.6 Å². The van der Waals surface area contributed by atoms with Crippen LogP contribution in [0, 0.1) is 0 Å². The summed E-state index contributed by atoms with van der Waals surface area (Å²) in [6.07, 6.45) is 5.95. The second kappa shape index (κ2) is 5.15. The van der Waals surface area contributed by atoms with E-state index in [0.717, 1.165) is 37.8 Å². The summed E-state index contributed by atoms with van der Waals surface area (Å²) in [5, 5.41) is 10.8. The Labute approximate surface area is 129 Å². The highest BCUT2D eigenvalue weighted by Crippen LogP contribution is 2.39. The van der Waals surface area contributed by atoms with Gasteiger partial charge in [-0.25, -0.2) is 14.8 Å². The number of carbonyl (C=O) groups is 1. The molecule has 4 rings (SSSR count). The molecule has 22 heavy (non-hydrogen) atoms. The monoisotopic (exact) mass is 305 g/mol. The van der Waals surface area contributed by atoms with E-state index in [2.05, 4.69) is 15.2 Å². The quantitative estimate of drug-likeness (QED) is 0.870. The number of nitrogens with two attached hydrogens (primary N) is 1. The van der Waals surface area contributed by atoms with E-state index >= 15 is 0 Å². The van der Waals surface area contributed by atoms with Crippen LogP contribution in [0.15, 0.2) is 6.07 Å². The summed E-state index contributed by atoms with van der Waals surface area (Å²) in [5.74, 6) is 0.875. The van der Waals surface area contributed by atoms with Crippen LogP contribution in [0.2, 0.25) is 0 Å². The van der Waals surface area contributed by atoms with E-state index < -0.39 is 0 Å². The number of hydrogen-bond donors (Lipinski definition) is 2. The fourth-order valence-electron chi connectivity index (χ4n) is 4.30. The van der Waals surface area contributed by atoms with Gasteiger partial charge in [-0.3, -0.25) is 5.10 Å². The molecule has 0 aromatic carbocycles. The number of H-pyrrole nitrogens is 1. The number of nitrogen functional groups attached to an aromatic ring is 1. The molecule has 0 spiro atoms. The number of ether oxygens (including phenoxy) is 1. The van der Waals surface area contributed by atoms with Gasteiger partial charge in [0.25, 0.3) is 0 Å². The normalized spacial score (nSPS) is 34.5. The number of amides is 1. The van der Waals surface area contributed by atoms with E-state index in [1.807, 2.05) is 18.1 Å². The Morgan fingerprint density at radius 3 is 2.82 bits per heavy atom. The van der Waals surface area contributed by atoms with Crippen molar-refractivity contribution in [2.75, 3.05) is 12.8 Å². The maximum absolute atomic E-state index is 12.5. The Morgan fingerprint density at radius 2 is 2.14 bits per heavy atom. The molecule has 1 aromatic rings. The van der Waals surface area contributed by atoms with Crippen LogP contribution in [0.1, 0.15) is 50.1 Å². The number of aromatic amines is 1. The minimum Gasteiger partial charge on any atom is -0.445 e. The molecule has 7 nitrogen and oxygen atoms in total. The minimum atomic E-state index is -0.176. The van der Waals surface area contributed by atoms with Crippen molar-refractivity contribution in [1.82, 2.24) is 20.2 Å².